The first-order valence-corrected chi connectivity index (χ1v) is 12.2. The van der Waals surface area contributed by atoms with Crippen molar-refractivity contribution in [2.75, 3.05) is 13.1 Å². The van der Waals surface area contributed by atoms with Crippen molar-refractivity contribution in [3.8, 4) is 5.75 Å². The van der Waals surface area contributed by atoms with Gasteiger partial charge in [-0.3, -0.25) is 4.79 Å². The third kappa shape index (κ3) is 4.34. The minimum atomic E-state index is -3.60. The summed E-state index contributed by atoms with van der Waals surface area (Å²) in [4.78, 5) is 13.4. The minimum absolute atomic E-state index is 0.214. The van der Waals surface area contributed by atoms with Gasteiger partial charge in [0.2, 0.25) is 10.0 Å². The van der Waals surface area contributed by atoms with Crippen LogP contribution >= 0.6 is 0 Å². The van der Waals surface area contributed by atoms with Gasteiger partial charge < -0.3 is 10.1 Å². The van der Waals surface area contributed by atoms with Crippen LogP contribution in [0.4, 0.5) is 0 Å². The fourth-order valence-electron chi connectivity index (χ4n) is 4.43. The molecule has 2 aromatic carbocycles. The van der Waals surface area contributed by atoms with Gasteiger partial charge in [-0.2, -0.15) is 4.31 Å². The summed E-state index contributed by atoms with van der Waals surface area (Å²) in [5.41, 5.74) is 2.62. The number of aryl methyl sites for hydroxylation is 2. The van der Waals surface area contributed by atoms with Crippen LogP contribution in [0.15, 0.2) is 41.3 Å². The van der Waals surface area contributed by atoms with Crippen LogP contribution in [0.1, 0.15) is 66.2 Å². The Morgan fingerprint density at radius 3 is 2.52 bits per heavy atom. The zero-order valence-corrected chi connectivity index (χ0v) is 19.4. The monoisotopic (exact) mass is 442 g/mol. The number of carbonyl (C=O) groups excluding carboxylic acids is 1. The molecular weight excluding hydrogens is 412 g/mol. The molecule has 0 aliphatic carbocycles. The van der Waals surface area contributed by atoms with Crippen molar-refractivity contribution in [2.24, 2.45) is 0 Å². The van der Waals surface area contributed by atoms with Crippen LogP contribution in [0.25, 0.3) is 0 Å². The third-order valence-corrected chi connectivity index (χ3v) is 8.10. The van der Waals surface area contributed by atoms with Crippen molar-refractivity contribution < 1.29 is 17.9 Å². The molecule has 1 saturated heterocycles. The van der Waals surface area contributed by atoms with Crippen molar-refractivity contribution in [1.82, 2.24) is 9.62 Å². The highest BCUT2D eigenvalue weighted by atomic mass is 32.2. The molecule has 0 radical (unpaired) electrons. The smallest absolute Gasteiger partial charge is 0.251 e. The number of hydrogen-bond donors (Lipinski definition) is 1. The highest BCUT2D eigenvalue weighted by Crippen LogP contribution is 2.40. The standard InChI is InChI=1S/C24H30N2O4S/c1-16-7-10-21-19(13-16)20(15-24(3,4)30-21)25-23(27)18-9-8-17(2)22(14-18)31(28,29)26-11-5-6-12-26/h7-10,13-14,20H,5-6,11-12,15H2,1-4H3,(H,25,27)/t20-/m1/s1. The Balaban J connectivity index is 1.63. The molecule has 0 aromatic heterocycles. The third-order valence-electron chi connectivity index (χ3n) is 6.06. The second kappa shape index (κ2) is 7.95. The van der Waals surface area contributed by atoms with Crippen molar-refractivity contribution in [3.63, 3.8) is 0 Å². The quantitative estimate of drug-likeness (QED) is 0.773. The molecule has 0 spiro atoms. The van der Waals surface area contributed by atoms with Gasteiger partial charge in [-0.25, -0.2) is 8.42 Å². The molecule has 0 bridgehead atoms. The van der Waals surface area contributed by atoms with Crippen LogP contribution in [0.5, 0.6) is 5.75 Å². The molecule has 31 heavy (non-hydrogen) atoms. The first kappa shape index (κ1) is 21.8. The molecule has 6 nitrogen and oxygen atoms in total. The summed E-state index contributed by atoms with van der Waals surface area (Å²) in [6.45, 7) is 8.85. The van der Waals surface area contributed by atoms with E-state index in [1.54, 1.807) is 19.1 Å². The van der Waals surface area contributed by atoms with E-state index in [9.17, 15) is 13.2 Å². The van der Waals surface area contributed by atoms with Gasteiger partial charge in [0.25, 0.3) is 5.91 Å². The SMILES string of the molecule is Cc1ccc2c(c1)[C@H](NC(=O)c1ccc(C)c(S(=O)(=O)N3CCCC3)c1)CC(C)(C)O2. The second-order valence-electron chi connectivity index (χ2n) is 9.22. The Labute approximate surface area is 184 Å². The van der Waals surface area contributed by atoms with Gasteiger partial charge in [-0.05, 0) is 64.3 Å². The van der Waals surface area contributed by atoms with E-state index >= 15 is 0 Å². The lowest BCUT2D eigenvalue weighted by Crippen LogP contribution is -2.41. The van der Waals surface area contributed by atoms with Gasteiger partial charge in [0.05, 0.1) is 10.9 Å². The molecule has 2 aliphatic heterocycles. The summed E-state index contributed by atoms with van der Waals surface area (Å²) < 4.78 is 33.8. The number of sulfonamides is 1. The van der Waals surface area contributed by atoms with E-state index < -0.39 is 15.6 Å². The largest absolute Gasteiger partial charge is 0.487 e. The predicted octanol–water partition coefficient (Wildman–Crippen LogP) is 4.12. The molecule has 166 valence electrons. The summed E-state index contributed by atoms with van der Waals surface area (Å²) >= 11 is 0. The molecule has 2 heterocycles. The number of nitrogens with one attached hydrogen (secondary N) is 1. The maximum Gasteiger partial charge on any atom is 0.251 e. The van der Waals surface area contributed by atoms with Crippen LogP contribution < -0.4 is 10.1 Å². The summed E-state index contributed by atoms with van der Waals surface area (Å²) in [6, 6.07) is 10.7. The van der Waals surface area contributed by atoms with E-state index in [1.807, 2.05) is 39.0 Å². The molecule has 1 fully saturated rings. The number of amides is 1. The zero-order chi connectivity index (χ0) is 22.4. The molecular formula is C24H30N2O4S. The fourth-order valence-corrected chi connectivity index (χ4v) is 6.20. The molecule has 1 amide bonds. The van der Waals surface area contributed by atoms with Crippen LogP contribution in [0, 0.1) is 13.8 Å². The molecule has 0 saturated carbocycles. The van der Waals surface area contributed by atoms with Crippen molar-refractivity contribution in [3.05, 3.63) is 58.7 Å². The first-order chi connectivity index (χ1) is 14.6. The fraction of sp³-hybridized carbons (Fsp3) is 0.458. The van der Waals surface area contributed by atoms with Crippen molar-refractivity contribution >= 4 is 15.9 Å². The van der Waals surface area contributed by atoms with Crippen LogP contribution in [-0.2, 0) is 10.0 Å². The summed E-state index contributed by atoms with van der Waals surface area (Å²) in [6.07, 6.45) is 2.37. The Bertz CT molecular complexity index is 1120. The van der Waals surface area contributed by atoms with E-state index in [2.05, 4.69) is 5.32 Å². The summed E-state index contributed by atoms with van der Waals surface area (Å²) in [7, 11) is -3.60. The molecule has 7 heteroatoms. The molecule has 2 aromatic rings. The Morgan fingerprint density at radius 1 is 1.10 bits per heavy atom. The maximum absolute atomic E-state index is 13.2. The number of fused-ring (bicyclic) bond motifs is 1. The average Bonchev–Trinajstić information content (AvgIpc) is 3.24. The maximum atomic E-state index is 13.2. The molecule has 2 aliphatic rings. The lowest BCUT2D eigenvalue weighted by Gasteiger charge is -2.38. The van der Waals surface area contributed by atoms with E-state index in [4.69, 9.17) is 4.74 Å². The number of benzene rings is 2. The van der Waals surface area contributed by atoms with Gasteiger partial charge >= 0.3 is 0 Å². The lowest BCUT2D eigenvalue weighted by molar-refractivity contribution is 0.0619. The zero-order valence-electron chi connectivity index (χ0n) is 18.6. The van der Waals surface area contributed by atoms with Crippen LogP contribution in [0.2, 0.25) is 0 Å². The Hall–Kier alpha value is -2.38. The number of carbonyl (C=O) groups is 1. The van der Waals surface area contributed by atoms with Gasteiger partial charge in [0, 0.05) is 30.6 Å². The summed E-state index contributed by atoms with van der Waals surface area (Å²) in [5.74, 6) is 0.487. The van der Waals surface area contributed by atoms with Crippen LogP contribution in [0.3, 0.4) is 0 Å². The van der Waals surface area contributed by atoms with Crippen molar-refractivity contribution in [2.45, 2.75) is 63.5 Å². The van der Waals surface area contributed by atoms with Crippen molar-refractivity contribution in [1.29, 1.82) is 0 Å². The van der Waals surface area contributed by atoms with E-state index in [0.717, 1.165) is 29.7 Å². The number of ether oxygens (including phenoxy) is 1. The predicted molar refractivity (Wildman–Crippen MR) is 120 cm³/mol. The second-order valence-corrected chi connectivity index (χ2v) is 11.1. The minimum Gasteiger partial charge on any atom is -0.487 e. The van der Waals surface area contributed by atoms with Gasteiger partial charge in [0.15, 0.2) is 0 Å². The Kier molecular flexibility index (Phi) is 5.60. The summed E-state index contributed by atoms with van der Waals surface area (Å²) in [5, 5.41) is 3.11. The van der Waals surface area contributed by atoms with E-state index in [1.165, 1.54) is 10.4 Å². The highest BCUT2D eigenvalue weighted by molar-refractivity contribution is 7.89. The van der Waals surface area contributed by atoms with Gasteiger partial charge in [-0.1, -0.05) is 23.8 Å². The molecule has 1 N–H and O–H groups in total. The van der Waals surface area contributed by atoms with E-state index in [-0.39, 0.29) is 16.8 Å². The molecule has 4 rings (SSSR count). The normalized spacial score (nSPS) is 20.7. The first-order valence-electron chi connectivity index (χ1n) is 10.8. The van der Waals surface area contributed by atoms with E-state index in [0.29, 0.717) is 30.6 Å². The number of hydrogen-bond acceptors (Lipinski definition) is 4. The number of nitrogens with zero attached hydrogens (tertiary/aromatic N) is 1. The van der Waals surface area contributed by atoms with Gasteiger partial charge in [-0.15, -0.1) is 0 Å². The Morgan fingerprint density at radius 2 is 1.81 bits per heavy atom. The average molecular weight is 443 g/mol. The lowest BCUT2D eigenvalue weighted by atomic mass is 9.88. The van der Waals surface area contributed by atoms with Crippen LogP contribution in [-0.4, -0.2) is 37.3 Å². The molecule has 1 atom stereocenters. The topological polar surface area (TPSA) is 75.7 Å². The highest BCUT2D eigenvalue weighted by Gasteiger charge is 2.35. The van der Waals surface area contributed by atoms with Gasteiger partial charge in [0.1, 0.15) is 11.4 Å². The molecule has 0 unspecified atom stereocenters. The number of rotatable bonds is 4.